The van der Waals surface area contributed by atoms with Gasteiger partial charge < -0.3 is 0 Å². The Kier molecular flexibility index (Phi) is 6.85. The number of Topliss-reactive ketones (excluding diaryl/α,β-unsaturated/α-hetero) is 1. The summed E-state index contributed by atoms with van der Waals surface area (Å²) in [7, 11) is -4.51. The molecule has 4 aromatic rings. The minimum absolute atomic E-state index is 0.0528. The molecule has 1 aliphatic heterocycles. The van der Waals surface area contributed by atoms with Crippen LogP contribution in [0.15, 0.2) is 77.5 Å². The number of alkyl halides is 3. The molecule has 0 bridgehead atoms. The van der Waals surface area contributed by atoms with E-state index in [0.29, 0.717) is 34.7 Å². The molecule has 7 nitrogen and oxygen atoms in total. The fourth-order valence-electron chi connectivity index (χ4n) is 5.75. The molecule has 1 saturated heterocycles. The van der Waals surface area contributed by atoms with Crippen molar-refractivity contribution in [2.45, 2.75) is 30.8 Å². The predicted octanol–water partition coefficient (Wildman–Crippen LogP) is 5.78. The molecule has 13 heteroatoms. The van der Waals surface area contributed by atoms with Crippen LogP contribution in [0.2, 0.25) is 0 Å². The van der Waals surface area contributed by atoms with E-state index in [1.807, 2.05) is 0 Å². The molecule has 2 aliphatic rings. The van der Waals surface area contributed by atoms with Gasteiger partial charge in [-0.05, 0) is 91.6 Å². The number of aromatic nitrogens is 3. The van der Waals surface area contributed by atoms with Crippen molar-refractivity contribution in [2.75, 3.05) is 13.1 Å². The summed E-state index contributed by atoms with van der Waals surface area (Å²) in [4.78, 5) is 17.9. The molecule has 43 heavy (non-hydrogen) atoms. The van der Waals surface area contributed by atoms with E-state index in [9.17, 15) is 35.2 Å². The number of benzene rings is 2. The molecule has 0 radical (unpaired) electrons. The number of hydrogen-bond donors (Lipinski definition) is 0. The van der Waals surface area contributed by atoms with Gasteiger partial charge in [0.05, 0.1) is 33.5 Å². The van der Waals surface area contributed by atoms with Gasteiger partial charge in [0, 0.05) is 19.3 Å². The number of carbonyl (C=O) groups excluding carboxylic acids is 1. The Morgan fingerprint density at radius 3 is 2.44 bits per heavy atom. The maximum atomic E-state index is 14.4. The number of piperidine rings is 1. The highest BCUT2D eigenvalue weighted by atomic mass is 32.2. The van der Waals surface area contributed by atoms with Gasteiger partial charge in [-0.25, -0.2) is 21.9 Å². The first kappa shape index (κ1) is 28.9. The molecule has 222 valence electrons. The molecular weight excluding hydrogens is 591 g/mol. The van der Waals surface area contributed by atoms with Crippen molar-refractivity contribution < 1.29 is 35.2 Å². The lowest BCUT2D eigenvalue weighted by molar-refractivity contribution is -0.140. The number of nitrogens with zero attached hydrogens (tertiary/aromatic N) is 4. The van der Waals surface area contributed by atoms with Crippen molar-refractivity contribution in [2.24, 2.45) is 5.41 Å². The second-order valence-corrected chi connectivity index (χ2v) is 12.6. The van der Waals surface area contributed by atoms with Crippen molar-refractivity contribution in [3.8, 4) is 5.69 Å². The summed E-state index contributed by atoms with van der Waals surface area (Å²) >= 11 is 0. The number of sulfonamides is 1. The smallest absolute Gasteiger partial charge is 0.291 e. The Labute approximate surface area is 243 Å². The van der Waals surface area contributed by atoms with Crippen LogP contribution in [-0.4, -0.2) is 46.4 Å². The summed E-state index contributed by atoms with van der Waals surface area (Å²) < 4.78 is 97.3. The number of rotatable bonds is 5. The molecule has 0 spiro atoms. The molecule has 0 N–H and O–H groups in total. The van der Waals surface area contributed by atoms with Gasteiger partial charge in [0.2, 0.25) is 10.0 Å². The molecule has 3 heterocycles. The van der Waals surface area contributed by atoms with Crippen LogP contribution in [0.4, 0.5) is 22.0 Å². The maximum absolute atomic E-state index is 14.4. The summed E-state index contributed by atoms with van der Waals surface area (Å²) in [5.74, 6) is -2.56. The van der Waals surface area contributed by atoms with E-state index in [1.54, 1.807) is 48.1 Å². The second kappa shape index (κ2) is 10.2. The molecular formula is C30H23F5N4O3S. The zero-order valence-corrected chi connectivity index (χ0v) is 23.4. The summed E-state index contributed by atoms with van der Waals surface area (Å²) in [6.07, 6.45) is -0.0163. The van der Waals surface area contributed by atoms with Gasteiger partial charge in [-0.2, -0.15) is 22.6 Å². The molecule has 2 aromatic carbocycles. The van der Waals surface area contributed by atoms with E-state index in [2.05, 4.69) is 10.1 Å². The Balaban J connectivity index is 1.43. The largest absolute Gasteiger partial charge is 0.419 e. The Morgan fingerprint density at radius 2 is 1.77 bits per heavy atom. The van der Waals surface area contributed by atoms with E-state index in [-0.39, 0.29) is 31.6 Å². The van der Waals surface area contributed by atoms with E-state index in [1.165, 1.54) is 18.3 Å². The van der Waals surface area contributed by atoms with Crippen LogP contribution in [0.1, 0.15) is 39.3 Å². The van der Waals surface area contributed by atoms with Gasteiger partial charge in [0.1, 0.15) is 17.3 Å². The zero-order chi connectivity index (χ0) is 30.7. The topological polar surface area (TPSA) is 85.2 Å². The molecule has 1 fully saturated rings. The Hall–Kier alpha value is -4.23. The van der Waals surface area contributed by atoms with Gasteiger partial charge >= 0.3 is 6.18 Å². The second-order valence-electron chi connectivity index (χ2n) is 10.6. The van der Waals surface area contributed by atoms with Crippen LogP contribution in [0, 0.1) is 24.0 Å². The Bertz CT molecular complexity index is 1900. The number of hydrogen-bond acceptors (Lipinski definition) is 5. The lowest BCUT2D eigenvalue weighted by Crippen LogP contribution is -2.53. The fourth-order valence-corrected chi connectivity index (χ4v) is 7.26. The number of carbonyl (C=O) groups is 1. The summed E-state index contributed by atoms with van der Waals surface area (Å²) in [6, 6.07) is 10.5. The zero-order valence-electron chi connectivity index (χ0n) is 22.6. The van der Waals surface area contributed by atoms with Crippen LogP contribution >= 0.6 is 0 Å². The third kappa shape index (κ3) is 4.95. The van der Waals surface area contributed by atoms with Crippen molar-refractivity contribution in [3.63, 3.8) is 0 Å². The van der Waals surface area contributed by atoms with Gasteiger partial charge in [-0.15, -0.1) is 0 Å². The van der Waals surface area contributed by atoms with Crippen molar-refractivity contribution in [1.82, 2.24) is 19.1 Å². The quantitative estimate of drug-likeness (QED) is 0.210. The van der Waals surface area contributed by atoms with Crippen LogP contribution in [0.5, 0.6) is 0 Å². The predicted molar refractivity (Wildman–Crippen MR) is 146 cm³/mol. The van der Waals surface area contributed by atoms with Crippen LogP contribution in [0.25, 0.3) is 11.8 Å². The van der Waals surface area contributed by atoms with Gasteiger partial charge in [-0.3, -0.25) is 9.78 Å². The van der Waals surface area contributed by atoms with Gasteiger partial charge in [-0.1, -0.05) is 5.57 Å². The molecule has 6 rings (SSSR count). The first-order chi connectivity index (χ1) is 20.3. The average Bonchev–Trinajstić information content (AvgIpc) is 3.37. The number of halogens is 5. The van der Waals surface area contributed by atoms with E-state index >= 15 is 0 Å². The molecule has 0 saturated carbocycles. The molecule has 1 atom stereocenters. The molecule has 2 aromatic heterocycles. The highest BCUT2D eigenvalue weighted by Crippen LogP contribution is 2.47. The third-order valence-electron chi connectivity index (χ3n) is 7.92. The van der Waals surface area contributed by atoms with Crippen LogP contribution in [-0.2, 0) is 22.6 Å². The number of fused-ring (bicyclic) bond motifs is 2. The minimum Gasteiger partial charge on any atom is -0.291 e. The first-order valence-corrected chi connectivity index (χ1v) is 14.6. The SMILES string of the molecule is Cc1ccnc(C(=O)[C@@]23Cc4cnn(-c5ccc(F)cc5)c4C=C2CCN(S(=O)(=O)c2ccc(C(F)(F)F)c(F)c2)C3)c1. The maximum Gasteiger partial charge on any atom is 0.419 e. The minimum atomic E-state index is -4.99. The van der Waals surface area contributed by atoms with E-state index in [0.717, 1.165) is 15.9 Å². The third-order valence-corrected chi connectivity index (χ3v) is 9.76. The number of pyridine rings is 1. The van der Waals surface area contributed by atoms with Crippen LogP contribution in [0.3, 0.4) is 0 Å². The lowest BCUT2D eigenvalue weighted by atomic mass is 9.65. The van der Waals surface area contributed by atoms with Crippen molar-refractivity contribution in [1.29, 1.82) is 0 Å². The molecule has 1 aliphatic carbocycles. The molecule has 0 amide bonds. The van der Waals surface area contributed by atoms with E-state index in [4.69, 9.17) is 0 Å². The summed E-state index contributed by atoms with van der Waals surface area (Å²) in [6.45, 7) is 1.34. The lowest BCUT2D eigenvalue weighted by Gasteiger charge is -2.44. The van der Waals surface area contributed by atoms with Crippen molar-refractivity contribution in [3.05, 3.63) is 112 Å². The number of ketones is 1. The van der Waals surface area contributed by atoms with Crippen LogP contribution < -0.4 is 0 Å². The highest BCUT2D eigenvalue weighted by molar-refractivity contribution is 7.89. The van der Waals surface area contributed by atoms with Crippen molar-refractivity contribution >= 4 is 21.9 Å². The average molecular weight is 615 g/mol. The van der Waals surface area contributed by atoms with Gasteiger partial charge in [0.25, 0.3) is 0 Å². The first-order valence-electron chi connectivity index (χ1n) is 13.2. The summed E-state index contributed by atoms with van der Waals surface area (Å²) in [5.41, 5.74) is 0.398. The molecule has 0 unspecified atom stereocenters. The number of aryl methyl sites for hydroxylation is 1. The standard InChI is InChI=1S/C30H23F5N4O3S/c1-18-8-10-36-26(12-18)28(40)29-15-19-16-37-39(22-4-2-21(31)3-5-22)27(19)13-20(29)9-11-38(17-29)43(41,42)23-6-7-24(25(32)14-23)30(33,34)35/h2-8,10,12-14,16H,9,11,15,17H2,1H3/t29-/m1/s1. The summed E-state index contributed by atoms with van der Waals surface area (Å²) in [5, 5.41) is 4.44. The van der Waals surface area contributed by atoms with Gasteiger partial charge in [0.15, 0.2) is 5.78 Å². The monoisotopic (exact) mass is 614 g/mol. The normalized spacial score (nSPS) is 19.0. The van der Waals surface area contributed by atoms with E-state index < -0.39 is 49.5 Å². The Morgan fingerprint density at radius 1 is 1.02 bits per heavy atom. The highest BCUT2D eigenvalue weighted by Gasteiger charge is 2.51. The fraction of sp³-hybridized carbons (Fsp3) is 0.233.